The molecule has 4 heteroatoms. The van der Waals surface area contributed by atoms with Crippen molar-refractivity contribution in [2.75, 3.05) is 6.61 Å². The Kier molecular flexibility index (Phi) is 6.05. The Morgan fingerprint density at radius 1 is 0.923 bits per heavy atom. The molecule has 0 heterocycles. The number of aliphatic hydroxyl groups is 1. The van der Waals surface area contributed by atoms with Gasteiger partial charge in [-0.25, -0.2) is 0 Å². The van der Waals surface area contributed by atoms with Crippen LogP contribution in [-0.2, 0) is 13.0 Å². The van der Waals surface area contributed by atoms with Crippen molar-refractivity contribution in [3.8, 4) is 11.1 Å². The third-order valence-electron chi connectivity index (χ3n) is 4.21. The van der Waals surface area contributed by atoms with Crippen molar-refractivity contribution < 1.29 is 9.90 Å². The summed E-state index contributed by atoms with van der Waals surface area (Å²) in [6, 6.07) is 22.9. The molecule has 0 radical (unpaired) electrons. The predicted molar refractivity (Wildman–Crippen MR) is 105 cm³/mol. The summed E-state index contributed by atoms with van der Waals surface area (Å²) in [6.07, 6.45) is 0.426. The Morgan fingerprint density at radius 2 is 1.65 bits per heavy atom. The van der Waals surface area contributed by atoms with E-state index in [-0.39, 0.29) is 12.5 Å². The Hall–Kier alpha value is -2.62. The van der Waals surface area contributed by atoms with E-state index in [1.165, 1.54) is 0 Å². The van der Waals surface area contributed by atoms with Crippen molar-refractivity contribution in [1.82, 2.24) is 5.32 Å². The summed E-state index contributed by atoms with van der Waals surface area (Å²) < 4.78 is 0. The van der Waals surface area contributed by atoms with Crippen molar-refractivity contribution in [1.29, 1.82) is 0 Å². The Labute approximate surface area is 158 Å². The first-order chi connectivity index (χ1) is 12.7. The van der Waals surface area contributed by atoms with Gasteiger partial charge in [0.15, 0.2) is 0 Å². The summed E-state index contributed by atoms with van der Waals surface area (Å²) >= 11 is 5.99. The second-order valence-electron chi connectivity index (χ2n) is 5.99. The number of hydrogen-bond donors (Lipinski definition) is 2. The fourth-order valence-electron chi connectivity index (χ4n) is 2.93. The lowest BCUT2D eigenvalue weighted by Crippen LogP contribution is -2.25. The van der Waals surface area contributed by atoms with Crippen molar-refractivity contribution in [2.24, 2.45) is 0 Å². The normalized spacial score (nSPS) is 10.5. The minimum Gasteiger partial charge on any atom is -0.396 e. The molecule has 0 fully saturated rings. The molecule has 0 unspecified atom stereocenters. The molecule has 1 amide bonds. The van der Waals surface area contributed by atoms with Gasteiger partial charge >= 0.3 is 0 Å². The number of amides is 1. The fraction of sp³-hybridized carbons (Fsp3) is 0.136. The van der Waals surface area contributed by atoms with E-state index >= 15 is 0 Å². The average molecular weight is 366 g/mol. The summed E-state index contributed by atoms with van der Waals surface area (Å²) in [6.45, 7) is 0.441. The van der Waals surface area contributed by atoms with Crippen LogP contribution in [0, 0.1) is 0 Å². The quantitative estimate of drug-likeness (QED) is 0.677. The molecule has 3 nitrogen and oxygen atoms in total. The molecular weight excluding hydrogens is 346 g/mol. The molecule has 0 atom stereocenters. The van der Waals surface area contributed by atoms with E-state index in [9.17, 15) is 9.90 Å². The molecule has 2 N–H and O–H groups in total. The maximum Gasteiger partial charge on any atom is 0.252 e. The minimum atomic E-state index is -0.150. The second kappa shape index (κ2) is 8.65. The highest BCUT2D eigenvalue weighted by Gasteiger charge is 2.17. The van der Waals surface area contributed by atoms with Crippen molar-refractivity contribution in [3.63, 3.8) is 0 Å². The molecular formula is C22H20ClNO2. The molecule has 3 aromatic rings. The van der Waals surface area contributed by atoms with Crippen LogP contribution in [0.3, 0.4) is 0 Å². The molecule has 0 aliphatic heterocycles. The van der Waals surface area contributed by atoms with E-state index in [0.717, 1.165) is 22.3 Å². The van der Waals surface area contributed by atoms with E-state index in [0.29, 0.717) is 23.6 Å². The number of halogens is 1. The molecule has 3 rings (SSSR count). The van der Waals surface area contributed by atoms with Crippen molar-refractivity contribution in [2.45, 2.75) is 13.0 Å². The van der Waals surface area contributed by atoms with Crippen LogP contribution >= 0.6 is 11.6 Å². The van der Waals surface area contributed by atoms with Gasteiger partial charge in [-0.15, -0.1) is 0 Å². The first kappa shape index (κ1) is 18.2. The topological polar surface area (TPSA) is 49.3 Å². The summed E-state index contributed by atoms with van der Waals surface area (Å²) in [4.78, 5) is 13.0. The number of hydrogen-bond acceptors (Lipinski definition) is 2. The molecule has 0 saturated heterocycles. The third kappa shape index (κ3) is 4.31. The van der Waals surface area contributed by atoms with Gasteiger partial charge in [0, 0.05) is 18.2 Å². The molecule has 132 valence electrons. The predicted octanol–water partition coefficient (Wildman–Crippen LogP) is 4.47. The Bertz CT molecular complexity index is 876. The van der Waals surface area contributed by atoms with Crippen molar-refractivity contribution >= 4 is 17.5 Å². The average Bonchev–Trinajstić information content (AvgIpc) is 2.68. The second-order valence-corrected chi connectivity index (χ2v) is 6.42. The Morgan fingerprint density at radius 3 is 2.35 bits per heavy atom. The lowest BCUT2D eigenvalue weighted by Gasteiger charge is -2.15. The van der Waals surface area contributed by atoms with Crippen LogP contribution in [-0.4, -0.2) is 17.6 Å². The maximum absolute atomic E-state index is 13.0. The first-order valence-electron chi connectivity index (χ1n) is 8.50. The van der Waals surface area contributed by atoms with Gasteiger partial charge in [-0.1, -0.05) is 72.3 Å². The summed E-state index contributed by atoms with van der Waals surface area (Å²) in [7, 11) is 0. The molecule has 0 aromatic heterocycles. The smallest absolute Gasteiger partial charge is 0.252 e. The number of carbonyl (C=O) groups excluding carboxylic acids is 1. The number of nitrogens with one attached hydrogen (secondary N) is 1. The summed E-state index contributed by atoms with van der Waals surface area (Å²) in [5.74, 6) is -0.150. The zero-order valence-corrected chi connectivity index (χ0v) is 15.0. The molecule has 0 saturated carbocycles. The lowest BCUT2D eigenvalue weighted by atomic mass is 9.93. The van der Waals surface area contributed by atoms with Gasteiger partial charge in [0.25, 0.3) is 5.91 Å². The SMILES string of the molecule is O=C(NCc1ccccc1)c1c(CCO)cccc1-c1ccc(Cl)cc1. The highest BCUT2D eigenvalue weighted by Crippen LogP contribution is 2.28. The van der Waals surface area contributed by atoms with Gasteiger partial charge in [0.05, 0.1) is 5.56 Å². The van der Waals surface area contributed by atoms with Crippen LogP contribution in [0.15, 0.2) is 72.8 Å². The van der Waals surface area contributed by atoms with Crippen LogP contribution < -0.4 is 5.32 Å². The van der Waals surface area contributed by atoms with E-state index in [2.05, 4.69) is 5.32 Å². The van der Waals surface area contributed by atoms with E-state index in [1.807, 2.05) is 60.7 Å². The number of rotatable bonds is 6. The fourth-order valence-corrected chi connectivity index (χ4v) is 3.06. The van der Waals surface area contributed by atoms with E-state index < -0.39 is 0 Å². The zero-order chi connectivity index (χ0) is 18.4. The third-order valence-corrected chi connectivity index (χ3v) is 4.46. The lowest BCUT2D eigenvalue weighted by molar-refractivity contribution is 0.0950. The molecule has 0 aliphatic rings. The van der Waals surface area contributed by atoms with Gasteiger partial charge in [-0.05, 0) is 40.8 Å². The molecule has 26 heavy (non-hydrogen) atoms. The van der Waals surface area contributed by atoms with Crippen LogP contribution in [0.1, 0.15) is 21.5 Å². The summed E-state index contributed by atoms with van der Waals surface area (Å²) in [5, 5.41) is 13.0. The van der Waals surface area contributed by atoms with Gasteiger partial charge in [0.1, 0.15) is 0 Å². The standard InChI is InChI=1S/C22H20ClNO2/c23-19-11-9-17(10-12-19)20-8-4-7-18(13-14-25)21(20)22(26)24-15-16-5-2-1-3-6-16/h1-12,25H,13-15H2,(H,24,26). The van der Waals surface area contributed by atoms with Gasteiger partial charge in [0.2, 0.25) is 0 Å². The summed E-state index contributed by atoms with van der Waals surface area (Å²) in [5.41, 5.74) is 4.20. The van der Waals surface area contributed by atoms with Crippen molar-refractivity contribution in [3.05, 3.63) is 94.5 Å². The van der Waals surface area contributed by atoms with Crippen LogP contribution in [0.5, 0.6) is 0 Å². The molecule has 0 spiro atoms. The highest BCUT2D eigenvalue weighted by atomic mass is 35.5. The Balaban J connectivity index is 1.94. The monoisotopic (exact) mass is 365 g/mol. The number of aliphatic hydroxyl groups excluding tert-OH is 1. The van der Waals surface area contributed by atoms with Crippen LogP contribution in [0.4, 0.5) is 0 Å². The minimum absolute atomic E-state index is 0.0109. The van der Waals surface area contributed by atoms with E-state index in [1.54, 1.807) is 12.1 Å². The van der Waals surface area contributed by atoms with Gasteiger partial charge in [-0.2, -0.15) is 0 Å². The van der Waals surface area contributed by atoms with E-state index in [4.69, 9.17) is 11.6 Å². The number of benzene rings is 3. The highest BCUT2D eigenvalue weighted by molar-refractivity contribution is 6.30. The zero-order valence-electron chi connectivity index (χ0n) is 14.3. The molecule has 3 aromatic carbocycles. The first-order valence-corrected chi connectivity index (χ1v) is 8.87. The maximum atomic E-state index is 13.0. The number of carbonyl (C=O) groups is 1. The largest absolute Gasteiger partial charge is 0.396 e. The molecule has 0 aliphatic carbocycles. The van der Waals surface area contributed by atoms with Crippen LogP contribution in [0.2, 0.25) is 5.02 Å². The van der Waals surface area contributed by atoms with Crippen LogP contribution in [0.25, 0.3) is 11.1 Å². The molecule has 0 bridgehead atoms. The van der Waals surface area contributed by atoms with Gasteiger partial charge < -0.3 is 10.4 Å². The van der Waals surface area contributed by atoms with Gasteiger partial charge in [-0.3, -0.25) is 4.79 Å².